The Morgan fingerprint density at radius 3 is 2.74 bits per heavy atom. The molecule has 0 aromatic carbocycles. The minimum atomic E-state index is -1.06. The van der Waals surface area contributed by atoms with Gasteiger partial charge in [-0.2, -0.15) is 0 Å². The fourth-order valence-corrected chi connectivity index (χ4v) is 4.36. The molecule has 0 radical (unpaired) electrons. The van der Waals surface area contributed by atoms with E-state index in [4.69, 9.17) is 9.72 Å². The molecule has 0 bridgehead atoms. The van der Waals surface area contributed by atoms with Crippen molar-refractivity contribution in [1.29, 1.82) is 0 Å². The molecule has 3 N–H and O–H groups in total. The van der Waals surface area contributed by atoms with E-state index in [0.717, 1.165) is 68.8 Å². The van der Waals surface area contributed by atoms with Crippen LogP contribution in [0.3, 0.4) is 0 Å². The van der Waals surface area contributed by atoms with Crippen LogP contribution in [0.5, 0.6) is 5.75 Å². The first-order valence-corrected chi connectivity index (χ1v) is 13.1. The first kappa shape index (κ1) is 28.1. The smallest absolute Gasteiger partial charge is 0.326 e. The number of halogens is 2. The number of pyridine rings is 2. The normalized spacial score (nSPS) is 13.4. The Kier molecular flexibility index (Phi) is 10.3. The maximum Gasteiger partial charge on any atom is 0.326 e. The highest BCUT2D eigenvalue weighted by Crippen LogP contribution is 2.20. The van der Waals surface area contributed by atoms with Gasteiger partial charge in [0.25, 0.3) is 0 Å². The number of carboxylic acid groups (broad SMARTS) is 1. The SMILES string of the molecule is O=C(O)[C@H](CCN(CCCCc1ccc2c(n1)NCCC2)CCOc1cncc(F)c1)Nc1ncc(F)cn1. The second-order valence-corrected chi connectivity index (χ2v) is 9.38. The van der Waals surface area contributed by atoms with Crippen molar-refractivity contribution in [1.82, 2.24) is 24.8 Å². The van der Waals surface area contributed by atoms with Gasteiger partial charge in [0.2, 0.25) is 5.95 Å². The minimum Gasteiger partial charge on any atom is -0.491 e. The van der Waals surface area contributed by atoms with Crippen molar-refractivity contribution in [2.24, 2.45) is 0 Å². The van der Waals surface area contributed by atoms with Crippen LogP contribution < -0.4 is 15.4 Å². The van der Waals surface area contributed by atoms with Crippen molar-refractivity contribution in [3.63, 3.8) is 0 Å². The highest BCUT2D eigenvalue weighted by atomic mass is 19.1. The van der Waals surface area contributed by atoms with Gasteiger partial charge in [-0.25, -0.2) is 28.5 Å². The van der Waals surface area contributed by atoms with Gasteiger partial charge in [0.15, 0.2) is 5.82 Å². The maximum absolute atomic E-state index is 13.4. The molecule has 39 heavy (non-hydrogen) atoms. The number of ether oxygens (including phenoxy) is 1. The summed E-state index contributed by atoms with van der Waals surface area (Å²) in [5.41, 5.74) is 2.31. The summed E-state index contributed by atoms with van der Waals surface area (Å²) in [6, 6.07) is 4.55. The minimum absolute atomic E-state index is 0.0457. The van der Waals surface area contributed by atoms with Crippen molar-refractivity contribution >= 4 is 17.7 Å². The largest absolute Gasteiger partial charge is 0.491 e. The van der Waals surface area contributed by atoms with Crippen LogP contribution in [0.2, 0.25) is 0 Å². The Hall–Kier alpha value is -3.93. The van der Waals surface area contributed by atoms with E-state index >= 15 is 0 Å². The maximum atomic E-state index is 13.4. The highest BCUT2D eigenvalue weighted by Gasteiger charge is 2.20. The standard InChI is InChI=1S/C27H33F2N7O3/c28-20-14-23(18-30-15-20)39-13-12-36(11-8-24(26(37)38)35-27-32-16-21(29)17-33-27)10-2-1-5-22-7-6-19-4-3-9-31-25(19)34-22/h6-7,14-18,24H,1-5,8-13H2,(H,31,34)(H,37,38)(H,32,33,35)/t24-/m0/s1. The lowest BCUT2D eigenvalue weighted by atomic mass is 10.1. The number of rotatable bonds is 15. The average molecular weight is 542 g/mol. The second kappa shape index (κ2) is 14.3. The number of aliphatic carboxylic acids is 1. The Bertz CT molecular complexity index is 1220. The van der Waals surface area contributed by atoms with Crippen molar-refractivity contribution in [2.45, 2.75) is 44.6 Å². The number of anilines is 2. The summed E-state index contributed by atoms with van der Waals surface area (Å²) in [6.07, 6.45) is 9.58. The third-order valence-corrected chi connectivity index (χ3v) is 6.42. The fourth-order valence-electron chi connectivity index (χ4n) is 4.36. The van der Waals surface area contributed by atoms with Gasteiger partial charge in [0.05, 0.1) is 24.8 Å². The molecule has 0 aliphatic carbocycles. The van der Waals surface area contributed by atoms with Crippen LogP contribution in [-0.4, -0.2) is 74.7 Å². The molecule has 0 amide bonds. The third kappa shape index (κ3) is 9.10. The summed E-state index contributed by atoms with van der Waals surface area (Å²) in [4.78, 5) is 30.1. The van der Waals surface area contributed by atoms with Gasteiger partial charge in [-0.15, -0.1) is 0 Å². The lowest BCUT2D eigenvalue weighted by molar-refractivity contribution is -0.138. The number of nitrogens with zero attached hydrogens (tertiary/aromatic N) is 5. The van der Waals surface area contributed by atoms with Gasteiger partial charge in [-0.3, -0.25) is 9.88 Å². The first-order chi connectivity index (χ1) is 19.0. The molecule has 1 atom stereocenters. The van der Waals surface area contributed by atoms with Crippen LogP contribution in [0.4, 0.5) is 20.5 Å². The molecule has 4 rings (SSSR count). The molecule has 3 aromatic heterocycles. The zero-order valence-corrected chi connectivity index (χ0v) is 21.7. The highest BCUT2D eigenvalue weighted by molar-refractivity contribution is 5.76. The zero-order valence-electron chi connectivity index (χ0n) is 21.7. The Labute approximate surface area is 225 Å². The van der Waals surface area contributed by atoms with Crippen molar-refractivity contribution in [3.05, 3.63) is 65.9 Å². The number of aryl methyl sites for hydroxylation is 2. The molecular weight excluding hydrogens is 508 g/mol. The van der Waals surface area contributed by atoms with Crippen molar-refractivity contribution in [3.8, 4) is 5.75 Å². The van der Waals surface area contributed by atoms with Crippen LogP contribution in [0, 0.1) is 11.6 Å². The van der Waals surface area contributed by atoms with Crippen LogP contribution in [0.15, 0.2) is 43.0 Å². The lowest BCUT2D eigenvalue weighted by Gasteiger charge is -2.24. The van der Waals surface area contributed by atoms with Crippen molar-refractivity contribution in [2.75, 3.05) is 43.4 Å². The van der Waals surface area contributed by atoms with E-state index in [0.29, 0.717) is 25.4 Å². The molecule has 0 spiro atoms. The van der Waals surface area contributed by atoms with Crippen LogP contribution in [-0.2, 0) is 17.6 Å². The number of nitrogens with one attached hydrogen (secondary N) is 2. The van der Waals surface area contributed by atoms with Crippen LogP contribution in [0.1, 0.15) is 36.9 Å². The van der Waals surface area contributed by atoms with Gasteiger partial charge in [0.1, 0.15) is 30.0 Å². The molecule has 12 heteroatoms. The summed E-state index contributed by atoms with van der Waals surface area (Å²) in [5, 5.41) is 15.8. The van der Waals surface area contributed by atoms with E-state index in [1.54, 1.807) is 0 Å². The summed E-state index contributed by atoms with van der Waals surface area (Å²) in [7, 11) is 0. The molecule has 0 fully saturated rings. The number of fused-ring (bicyclic) bond motifs is 1. The fraction of sp³-hybridized carbons (Fsp3) is 0.444. The number of hydrogen-bond acceptors (Lipinski definition) is 9. The summed E-state index contributed by atoms with van der Waals surface area (Å²) < 4.78 is 32.2. The van der Waals surface area contributed by atoms with Gasteiger partial charge in [0, 0.05) is 31.4 Å². The predicted octanol–water partition coefficient (Wildman–Crippen LogP) is 3.56. The molecule has 208 valence electrons. The molecule has 0 unspecified atom stereocenters. The summed E-state index contributed by atoms with van der Waals surface area (Å²) in [6.45, 7) is 2.92. The summed E-state index contributed by atoms with van der Waals surface area (Å²) in [5.74, 6) is -0.772. The van der Waals surface area contributed by atoms with E-state index in [-0.39, 0.29) is 19.0 Å². The lowest BCUT2D eigenvalue weighted by Crippen LogP contribution is -2.37. The quantitative estimate of drug-likeness (QED) is 0.246. The molecule has 3 aromatic rings. The topological polar surface area (TPSA) is 125 Å². The van der Waals surface area contributed by atoms with Gasteiger partial charge in [-0.1, -0.05) is 6.07 Å². The van der Waals surface area contributed by atoms with E-state index in [1.165, 1.54) is 17.8 Å². The van der Waals surface area contributed by atoms with Crippen LogP contribution in [0.25, 0.3) is 0 Å². The van der Waals surface area contributed by atoms with E-state index in [9.17, 15) is 18.7 Å². The number of carboxylic acids is 1. The number of carbonyl (C=O) groups is 1. The van der Waals surface area contributed by atoms with Gasteiger partial charge in [-0.05, 0) is 56.7 Å². The number of hydrogen-bond donors (Lipinski definition) is 3. The third-order valence-electron chi connectivity index (χ3n) is 6.42. The molecule has 4 heterocycles. The van der Waals surface area contributed by atoms with E-state index in [2.05, 4.69) is 42.6 Å². The van der Waals surface area contributed by atoms with E-state index in [1.807, 2.05) is 0 Å². The second-order valence-electron chi connectivity index (χ2n) is 9.38. The van der Waals surface area contributed by atoms with Crippen molar-refractivity contribution < 1.29 is 23.4 Å². The first-order valence-electron chi connectivity index (χ1n) is 13.1. The number of unbranched alkanes of at least 4 members (excludes halogenated alkanes) is 1. The molecule has 10 nitrogen and oxygen atoms in total. The summed E-state index contributed by atoms with van der Waals surface area (Å²) >= 11 is 0. The average Bonchev–Trinajstić information content (AvgIpc) is 2.93. The Balaban J connectivity index is 1.30. The number of aromatic nitrogens is 4. The Morgan fingerprint density at radius 1 is 1.10 bits per heavy atom. The van der Waals surface area contributed by atoms with Gasteiger partial charge >= 0.3 is 5.97 Å². The Morgan fingerprint density at radius 2 is 1.95 bits per heavy atom. The molecule has 1 aliphatic heterocycles. The molecule has 0 saturated carbocycles. The predicted molar refractivity (Wildman–Crippen MR) is 142 cm³/mol. The molecular formula is C27H33F2N7O3. The monoisotopic (exact) mass is 541 g/mol. The van der Waals surface area contributed by atoms with E-state index < -0.39 is 23.6 Å². The molecule has 0 saturated heterocycles. The van der Waals surface area contributed by atoms with Crippen LogP contribution >= 0.6 is 0 Å². The molecule has 1 aliphatic rings. The zero-order chi connectivity index (χ0) is 27.5. The van der Waals surface area contributed by atoms with Gasteiger partial charge < -0.3 is 20.5 Å².